The maximum atomic E-state index is 11.2. The van der Waals surface area contributed by atoms with Crippen LogP contribution in [0.25, 0.3) is 0 Å². The van der Waals surface area contributed by atoms with Crippen LogP contribution < -0.4 is 10.6 Å². The Morgan fingerprint density at radius 1 is 1.44 bits per heavy atom. The molecule has 0 bridgehead atoms. The topological polar surface area (TPSA) is 41.1 Å². The Labute approximate surface area is 120 Å². The van der Waals surface area contributed by atoms with Gasteiger partial charge in [0.2, 0.25) is 5.91 Å². The molecule has 0 saturated heterocycles. The molecule has 0 aromatic carbocycles. The first-order chi connectivity index (χ1) is 7.22. The van der Waals surface area contributed by atoms with Crippen molar-refractivity contribution >= 4 is 52.2 Å². The lowest BCUT2D eigenvalue weighted by Gasteiger charge is -2.03. The van der Waals surface area contributed by atoms with E-state index in [2.05, 4.69) is 45.4 Å². The molecule has 0 unspecified atom stereocenters. The lowest BCUT2D eigenvalue weighted by molar-refractivity contribution is -0.120. The molecule has 0 saturated carbocycles. The van der Waals surface area contributed by atoms with Gasteiger partial charge in [-0.05, 0) is 48.2 Å². The molecule has 1 amide bonds. The second-order valence-electron chi connectivity index (χ2n) is 3.16. The Balaban J connectivity index is 0.00000225. The lowest BCUT2D eigenvalue weighted by atomic mass is 10.3. The quantitative estimate of drug-likeness (QED) is 0.748. The van der Waals surface area contributed by atoms with Gasteiger partial charge in [0.05, 0.1) is 2.88 Å². The van der Waals surface area contributed by atoms with Crippen molar-refractivity contribution in [1.29, 1.82) is 0 Å². The molecule has 0 atom stereocenters. The molecule has 2 N–H and O–H groups in total. The molecule has 0 aliphatic carbocycles. The Kier molecular flexibility index (Phi) is 9.29. The summed E-state index contributed by atoms with van der Waals surface area (Å²) in [5.41, 5.74) is 0. The highest BCUT2D eigenvalue weighted by Gasteiger charge is 2.01. The van der Waals surface area contributed by atoms with E-state index in [1.165, 1.54) is 7.76 Å². The predicted molar refractivity (Wildman–Crippen MR) is 79.5 cm³/mol. The van der Waals surface area contributed by atoms with Gasteiger partial charge in [-0.2, -0.15) is 0 Å². The standard InChI is InChI=1S/C10H15IN2OS.ClH/c1-12-6-5-10(14)13-7-4-8-2-3-9(11)15-8;/h2-3,12H,4-7H2,1H3,(H,13,14);1H. The summed E-state index contributed by atoms with van der Waals surface area (Å²) in [4.78, 5) is 12.6. The van der Waals surface area contributed by atoms with Crippen LogP contribution >= 0.6 is 46.3 Å². The first-order valence-electron chi connectivity index (χ1n) is 4.88. The van der Waals surface area contributed by atoms with E-state index in [0.29, 0.717) is 6.42 Å². The van der Waals surface area contributed by atoms with Crippen molar-refractivity contribution < 1.29 is 4.79 Å². The number of carbonyl (C=O) groups excluding carboxylic acids is 1. The fourth-order valence-electron chi connectivity index (χ4n) is 1.14. The van der Waals surface area contributed by atoms with E-state index in [-0.39, 0.29) is 18.3 Å². The van der Waals surface area contributed by atoms with Crippen LogP contribution in [0.1, 0.15) is 11.3 Å². The maximum Gasteiger partial charge on any atom is 0.221 e. The Bertz CT molecular complexity index is 320. The Hall–Kier alpha value is 0.150. The predicted octanol–water partition coefficient (Wildman–Crippen LogP) is 2.04. The molecule has 1 aromatic rings. The van der Waals surface area contributed by atoms with Crippen LogP contribution in [-0.2, 0) is 11.2 Å². The summed E-state index contributed by atoms with van der Waals surface area (Å²) in [5.74, 6) is 0.121. The molecule has 1 aromatic heterocycles. The minimum Gasteiger partial charge on any atom is -0.356 e. The number of hydrogen-bond donors (Lipinski definition) is 2. The van der Waals surface area contributed by atoms with E-state index in [1.54, 1.807) is 11.3 Å². The van der Waals surface area contributed by atoms with Gasteiger partial charge < -0.3 is 10.6 Å². The normalized spacial score (nSPS) is 9.62. The van der Waals surface area contributed by atoms with Gasteiger partial charge in [0, 0.05) is 24.4 Å². The van der Waals surface area contributed by atoms with Gasteiger partial charge in [0.1, 0.15) is 0 Å². The van der Waals surface area contributed by atoms with Gasteiger partial charge >= 0.3 is 0 Å². The van der Waals surface area contributed by atoms with Crippen molar-refractivity contribution in [3.63, 3.8) is 0 Å². The number of rotatable bonds is 6. The van der Waals surface area contributed by atoms with Gasteiger partial charge in [-0.1, -0.05) is 0 Å². The number of amides is 1. The molecule has 0 spiro atoms. The van der Waals surface area contributed by atoms with E-state index in [4.69, 9.17) is 0 Å². The van der Waals surface area contributed by atoms with Gasteiger partial charge in [0.25, 0.3) is 0 Å². The SMILES string of the molecule is CNCCC(=O)NCCc1ccc(I)s1.Cl. The molecule has 1 heterocycles. The Morgan fingerprint density at radius 2 is 2.19 bits per heavy atom. The highest BCUT2D eigenvalue weighted by atomic mass is 127. The molecule has 0 fully saturated rings. The number of carbonyl (C=O) groups is 1. The van der Waals surface area contributed by atoms with E-state index in [0.717, 1.165) is 19.5 Å². The second-order valence-corrected chi connectivity index (χ2v) is 6.22. The van der Waals surface area contributed by atoms with Crippen LogP contribution in [0.2, 0.25) is 0 Å². The summed E-state index contributed by atoms with van der Waals surface area (Å²) in [6, 6.07) is 4.22. The number of halogens is 2. The molecule has 0 aliphatic heterocycles. The number of thiophene rings is 1. The summed E-state index contributed by atoms with van der Waals surface area (Å²) in [6.07, 6.45) is 1.48. The molecular formula is C10H16ClIN2OS. The summed E-state index contributed by atoms with van der Waals surface area (Å²) < 4.78 is 1.30. The molecule has 3 nitrogen and oxygen atoms in total. The fraction of sp³-hybridized carbons (Fsp3) is 0.500. The molecule has 16 heavy (non-hydrogen) atoms. The van der Waals surface area contributed by atoms with E-state index in [1.807, 2.05) is 7.05 Å². The summed E-state index contributed by atoms with van der Waals surface area (Å²) in [5, 5.41) is 5.85. The van der Waals surface area contributed by atoms with Gasteiger partial charge in [0.15, 0.2) is 0 Å². The zero-order valence-electron chi connectivity index (χ0n) is 9.09. The maximum absolute atomic E-state index is 11.2. The van der Waals surface area contributed by atoms with Crippen molar-refractivity contribution in [2.75, 3.05) is 20.1 Å². The van der Waals surface area contributed by atoms with E-state index < -0.39 is 0 Å². The average molecular weight is 375 g/mol. The zero-order valence-corrected chi connectivity index (χ0v) is 12.9. The van der Waals surface area contributed by atoms with Crippen molar-refractivity contribution in [3.05, 3.63) is 19.9 Å². The minimum absolute atomic E-state index is 0. The second kappa shape index (κ2) is 9.21. The first kappa shape index (κ1) is 16.1. The van der Waals surface area contributed by atoms with Crippen LogP contribution in [0.5, 0.6) is 0 Å². The molecule has 0 radical (unpaired) electrons. The van der Waals surface area contributed by atoms with Crippen LogP contribution in [0, 0.1) is 2.88 Å². The van der Waals surface area contributed by atoms with Crippen molar-refractivity contribution in [1.82, 2.24) is 10.6 Å². The average Bonchev–Trinajstić information content (AvgIpc) is 2.61. The Morgan fingerprint density at radius 3 is 2.75 bits per heavy atom. The van der Waals surface area contributed by atoms with Gasteiger partial charge in [-0.3, -0.25) is 4.79 Å². The third kappa shape index (κ3) is 6.67. The molecule has 92 valence electrons. The third-order valence-corrected chi connectivity index (χ3v) is 3.88. The zero-order chi connectivity index (χ0) is 11.1. The first-order valence-corrected chi connectivity index (χ1v) is 6.77. The third-order valence-electron chi connectivity index (χ3n) is 1.92. The fourth-order valence-corrected chi connectivity index (χ4v) is 2.89. The smallest absolute Gasteiger partial charge is 0.221 e. The highest BCUT2D eigenvalue weighted by Crippen LogP contribution is 2.18. The lowest BCUT2D eigenvalue weighted by Crippen LogP contribution is -2.28. The van der Waals surface area contributed by atoms with Crippen molar-refractivity contribution in [3.8, 4) is 0 Å². The van der Waals surface area contributed by atoms with Crippen LogP contribution in [0.15, 0.2) is 12.1 Å². The molecular weight excluding hydrogens is 359 g/mol. The van der Waals surface area contributed by atoms with Crippen molar-refractivity contribution in [2.24, 2.45) is 0 Å². The molecule has 1 rings (SSSR count). The number of nitrogens with one attached hydrogen (secondary N) is 2. The van der Waals surface area contributed by atoms with E-state index >= 15 is 0 Å². The molecule has 6 heteroatoms. The molecule has 0 aliphatic rings. The van der Waals surface area contributed by atoms with Gasteiger partial charge in [-0.25, -0.2) is 0 Å². The number of hydrogen-bond acceptors (Lipinski definition) is 3. The van der Waals surface area contributed by atoms with Crippen LogP contribution in [0.4, 0.5) is 0 Å². The summed E-state index contributed by atoms with van der Waals surface area (Å²) >= 11 is 4.09. The monoisotopic (exact) mass is 374 g/mol. The van der Waals surface area contributed by atoms with Gasteiger partial charge in [-0.15, -0.1) is 23.7 Å². The summed E-state index contributed by atoms with van der Waals surface area (Å²) in [7, 11) is 1.85. The van der Waals surface area contributed by atoms with E-state index in [9.17, 15) is 4.79 Å². The van der Waals surface area contributed by atoms with Crippen LogP contribution in [-0.4, -0.2) is 26.0 Å². The largest absolute Gasteiger partial charge is 0.356 e. The van der Waals surface area contributed by atoms with Crippen molar-refractivity contribution in [2.45, 2.75) is 12.8 Å². The minimum atomic E-state index is 0. The highest BCUT2D eigenvalue weighted by molar-refractivity contribution is 14.1. The van der Waals surface area contributed by atoms with Crippen LogP contribution in [0.3, 0.4) is 0 Å². The summed E-state index contributed by atoms with van der Waals surface area (Å²) in [6.45, 7) is 1.47.